The highest BCUT2D eigenvalue weighted by Gasteiger charge is 2.25. The summed E-state index contributed by atoms with van der Waals surface area (Å²) in [5.74, 6) is 0.0650. The Bertz CT molecular complexity index is 328. The van der Waals surface area contributed by atoms with Gasteiger partial charge in [0.15, 0.2) is 5.76 Å². The highest BCUT2D eigenvalue weighted by Crippen LogP contribution is 2.22. The highest BCUT2D eigenvalue weighted by molar-refractivity contribution is 5.97. The zero-order valence-corrected chi connectivity index (χ0v) is 7.00. The lowest BCUT2D eigenvalue weighted by Crippen LogP contribution is -2.31. The van der Waals surface area contributed by atoms with Crippen molar-refractivity contribution in [1.29, 1.82) is 0 Å². The van der Waals surface area contributed by atoms with Crippen molar-refractivity contribution in [2.45, 2.75) is 19.3 Å². The van der Waals surface area contributed by atoms with Crippen LogP contribution < -0.4 is 5.48 Å². The molecule has 1 N–H and O–H groups in total. The number of Topliss-reactive ketones (excluding diaryl/α,β-unsaturated/α-hetero) is 1. The lowest BCUT2D eigenvalue weighted by molar-refractivity contribution is -0.134. The number of carbonyl (C=O) groups excluding carboxylic acids is 2. The fourth-order valence-corrected chi connectivity index (χ4v) is 1.42. The average molecular weight is 179 g/mol. The highest BCUT2D eigenvalue weighted by atomic mass is 16.7. The molecule has 0 aromatic carbocycles. The first-order valence-electron chi connectivity index (χ1n) is 4.13. The molecule has 68 valence electrons. The molecule has 1 aliphatic carbocycles. The molecule has 0 aromatic rings. The summed E-state index contributed by atoms with van der Waals surface area (Å²) in [6.07, 6.45) is 4.95. The number of ketones is 1. The number of amides is 1. The van der Waals surface area contributed by atoms with E-state index in [1.54, 1.807) is 6.08 Å². The topological polar surface area (TPSA) is 55.4 Å². The third-order valence-corrected chi connectivity index (χ3v) is 2.05. The van der Waals surface area contributed by atoms with Gasteiger partial charge in [0.05, 0.1) is 6.42 Å². The molecule has 0 aromatic heterocycles. The van der Waals surface area contributed by atoms with Gasteiger partial charge in [0, 0.05) is 6.42 Å². The second kappa shape index (κ2) is 3.05. The predicted octanol–water partition coefficient (Wildman–Crippen LogP) is 0.611. The molecule has 1 amide bonds. The Kier molecular flexibility index (Phi) is 1.88. The lowest BCUT2D eigenvalue weighted by Gasteiger charge is -2.17. The number of nitrogens with one attached hydrogen (secondary N) is 1. The molecular formula is C9H9NO3. The minimum Gasteiger partial charge on any atom is -0.376 e. The van der Waals surface area contributed by atoms with Gasteiger partial charge in [-0.2, -0.15) is 5.48 Å². The molecule has 0 unspecified atom stereocenters. The molecule has 0 spiro atoms. The van der Waals surface area contributed by atoms with Gasteiger partial charge in [-0.25, -0.2) is 0 Å². The Morgan fingerprint density at radius 1 is 1.23 bits per heavy atom. The maximum Gasteiger partial charge on any atom is 0.256 e. The first-order chi connectivity index (χ1) is 6.27. The first kappa shape index (κ1) is 8.04. The third kappa shape index (κ3) is 1.47. The summed E-state index contributed by atoms with van der Waals surface area (Å²) in [6.45, 7) is 0. The van der Waals surface area contributed by atoms with E-state index in [0.717, 1.165) is 5.57 Å². The van der Waals surface area contributed by atoms with E-state index in [9.17, 15) is 9.59 Å². The molecule has 4 nitrogen and oxygen atoms in total. The van der Waals surface area contributed by atoms with Crippen molar-refractivity contribution in [2.24, 2.45) is 0 Å². The van der Waals surface area contributed by atoms with Gasteiger partial charge < -0.3 is 4.84 Å². The normalized spacial score (nSPS) is 21.8. The zero-order chi connectivity index (χ0) is 9.26. The van der Waals surface area contributed by atoms with Crippen LogP contribution in [0.25, 0.3) is 0 Å². The van der Waals surface area contributed by atoms with Gasteiger partial charge in [0.25, 0.3) is 5.91 Å². The van der Waals surface area contributed by atoms with E-state index in [2.05, 4.69) is 5.48 Å². The third-order valence-electron chi connectivity index (χ3n) is 2.05. The Labute approximate surface area is 75.2 Å². The van der Waals surface area contributed by atoms with Crippen LogP contribution in [0.15, 0.2) is 23.5 Å². The molecule has 2 aliphatic rings. The minimum absolute atomic E-state index is 0.0660. The second-order valence-electron chi connectivity index (χ2n) is 3.04. The van der Waals surface area contributed by atoms with Crippen molar-refractivity contribution in [3.05, 3.63) is 23.5 Å². The van der Waals surface area contributed by atoms with Gasteiger partial charge in [-0.05, 0) is 12.0 Å². The number of rotatable bonds is 0. The molecule has 13 heavy (non-hydrogen) atoms. The monoisotopic (exact) mass is 179 g/mol. The van der Waals surface area contributed by atoms with E-state index in [1.165, 1.54) is 0 Å². The standard InChI is InChI=1S/C9H9NO3/c11-7-4-2-1-3-6-5-8(12)10-13-9(6)7/h1-2H,3-5H2,(H,10,12). The predicted molar refractivity (Wildman–Crippen MR) is 44.3 cm³/mol. The SMILES string of the molecule is O=C1CC2=C(ON1)C(=O)CC=CC2. The smallest absolute Gasteiger partial charge is 0.256 e. The van der Waals surface area contributed by atoms with Crippen molar-refractivity contribution < 1.29 is 14.4 Å². The number of allylic oxidation sites excluding steroid dienone is 3. The second-order valence-corrected chi connectivity index (χ2v) is 3.04. The van der Waals surface area contributed by atoms with Gasteiger partial charge in [-0.15, -0.1) is 0 Å². The van der Waals surface area contributed by atoms with Crippen LogP contribution in [0.3, 0.4) is 0 Å². The van der Waals surface area contributed by atoms with Crippen LogP contribution in [0.5, 0.6) is 0 Å². The number of carbonyl (C=O) groups is 2. The van der Waals surface area contributed by atoms with Crippen LogP contribution in [0.1, 0.15) is 19.3 Å². The first-order valence-corrected chi connectivity index (χ1v) is 4.13. The Morgan fingerprint density at radius 3 is 2.85 bits per heavy atom. The molecule has 0 saturated carbocycles. The summed E-state index contributed by atoms with van der Waals surface area (Å²) in [6, 6.07) is 0. The maximum atomic E-state index is 11.4. The summed E-state index contributed by atoms with van der Waals surface area (Å²) in [5, 5.41) is 0. The summed E-state index contributed by atoms with van der Waals surface area (Å²) in [4.78, 5) is 27.2. The summed E-state index contributed by atoms with van der Waals surface area (Å²) >= 11 is 0. The molecule has 0 atom stereocenters. The Morgan fingerprint density at radius 2 is 2.00 bits per heavy atom. The zero-order valence-electron chi connectivity index (χ0n) is 7.00. The summed E-state index contributed by atoms with van der Waals surface area (Å²) in [5.41, 5.74) is 2.97. The van der Waals surface area contributed by atoms with Crippen LogP contribution in [-0.4, -0.2) is 11.7 Å². The van der Waals surface area contributed by atoms with E-state index in [1.807, 2.05) is 6.08 Å². The lowest BCUT2D eigenvalue weighted by atomic mass is 10.1. The van der Waals surface area contributed by atoms with Crippen molar-refractivity contribution in [3.63, 3.8) is 0 Å². The Balaban J connectivity index is 2.33. The van der Waals surface area contributed by atoms with E-state index in [-0.39, 0.29) is 18.1 Å². The van der Waals surface area contributed by atoms with Gasteiger partial charge in [-0.1, -0.05) is 12.2 Å². The van der Waals surface area contributed by atoms with Crippen LogP contribution in [0.2, 0.25) is 0 Å². The van der Waals surface area contributed by atoms with E-state index < -0.39 is 0 Å². The van der Waals surface area contributed by atoms with Crippen molar-refractivity contribution in [2.75, 3.05) is 0 Å². The number of hydrogen-bond donors (Lipinski definition) is 1. The summed E-state index contributed by atoms with van der Waals surface area (Å²) in [7, 11) is 0. The summed E-state index contributed by atoms with van der Waals surface area (Å²) < 4.78 is 0. The quantitative estimate of drug-likeness (QED) is 0.554. The van der Waals surface area contributed by atoms with Crippen molar-refractivity contribution in [1.82, 2.24) is 5.48 Å². The van der Waals surface area contributed by atoms with E-state index in [0.29, 0.717) is 18.6 Å². The van der Waals surface area contributed by atoms with Gasteiger partial charge in [-0.3, -0.25) is 9.59 Å². The molecule has 1 heterocycles. The number of hydroxylamine groups is 1. The van der Waals surface area contributed by atoms with Crippen molar-refractivity contribution >= 4 is 11.7 Å². The van der Waals surface area contributed by atoms with Crippen LogP contribution in [0, 0.1) is 0 Å². The molecule has 1 aliphatic heterocycles. The molecular weight excluding hydrogens is 170 g/mol. The number of hydrogen-bond acceptors (Lipinski definition) is 3. The minimum atomic E-state index is -0.193. The Hall–Kier alpha value is -1.58. The fraction of sp³-hybridized carbons (Fsp3) is 0.333. The molecule has 0 saturated heterocycles. The van der Waals surface area contributed by atoms with Crippen molar-refractivity contribution in [3.8, 4) is 0 Å². The maximum absolute atomic E-state index is 11.4. The fourth-order valence-electron chi connectivity index (χ4n) is 1.42. The van der Waals surface area contributed by atoms with Gasteiger partial charge in [0.2, 0.25) is 5.78 Å². The van der Waals surface area contributed by atoms with Gasteiger partial charge in [0.1, 0.15) is 0 Å². The average Bonchev–Trinajstić information content (AvgIpc) is 2.28. The molecule has 0 bridgehead atoms. The van der Waals surface area contributed by atoms with Crippen LogP contribution in [-0.2, 0) is 14.4 Å². The van der Waals surface area contributed by atoms with E-state index in [4.69, 9.17) is 4.84 Å². The molecule has 0 fully saturated rings. The molecule has 4 heteroatoms. The largest absolute Gasteiger partial charge is 0.376 e. The van der Waals surface area contributed by atoms with Crippen LogP contribution in [0.4, 0.5) is 0 Å². The molecule has 2 rings (SSSR count). The van der Waals surface area contributed by atoms with E-state index >= 15 is 0 Å². The molecule has 0 radical (unpaired) electrons. The van der Waals surface area contributed by atoms with Gasteiger partial charge >= 0.3 is 0 Å². The van der Waals surface area contributed by atoms with Crippen LogP contribution >= 0.6 is 0 Å².